The molecule has 0 bridgehead atoms. The van der Waals surface area contributed by atoms with Crippen LogP contribution in [0.5, 0.6) is 0 Å². The highest BCUT2D eigenvalue weighted by molar-refractivity contribution is 5.81. The summed E-state index contributed by atoms with van der Waals surface area (Å²) in [5, 5.41) is 9.14. The normalized spacial score (nSPS) is 11.6. The highest BCUT2D eigenvalue weighted by Crippen LogP contribution is 2.31. The Morgan fingerprint density at radius 1 is 1.00 bits per heavy atom. The Kier molecular flexibility index (Phi) is 7.50. The van der Waals surface area contributed by atoms with Gasteiger partial charge in [-0.05, 0) is 37.0 Å². The van der Waals surface area contributed by atoms with Gasteiger partial charge >= 0.3 is 12.1 Å². The fraction of sp³-hybridized carbons (Fsp3) is 0.348. The lowest BCUT2D eigenvalue weighted by Crippen LogP contribution is -2.36. The molecule has 6 nitrogen and oxygen atoms in total. The number of benzene rings is 2. The van der Waals surface area contributed by atoms with Crippen LogP contribution in [0.1, 0.15) is 30.7 Å². The van der Waals surface area contributed by atoms with Crippen molar-refractivity contribution < 1.29 is 27.9 Å². The molecule has 0 radical (unpaired) electrons. The molecule has 3 rings (SSSR count). The lowest BCUT2D eigenvalue weighted by Gasteiger charge is -2.21. The number of hydrogen-bond donors (Lipinski definition) is 1. The Hall–Kier alpha value is -3.36. The van der Waals surface area contributed by atoms with Crippen LogP contribution in [0.2, 0.25) is 0 Å². The first-order valence-electron chi connectivity index (χ1n) is 10.3. The number of fused-ring (bicyclic) bond motifs is 1. The van der Waals surface area contributed by atoms with E-state index >= 15 is 0 Å². The first kappa shape index (κ1) is 23.3. The third kappa shape index (κ3) is 6.09. The van der Waals surface area contributed by atoms with Crippen LogP contribution in [-0.2, 0) is 28.7 Å². The minimum absolute atomic E-state index is 0.0496. The van der Waals surface area contributed by atoms with Gasteiger partial charge in [0.1, 0.15) is 6.54 Å². The molecular weight excluding hydrogens is 423 g/mol. The Balaban J connectivity index is 1.62. The first-order valence-corrected chi connectivity index (χ1v) is 10.3. The van der Waals surface area contributed by atoms with Crippen molar-refractivity contribution in [3.63, 3.8) is 0 Å². The molecule has 1 aromatic heterocycles. The number of aromatic nitrogens is 2. The summed E-state index contributed by atoms with van der Waals surface area (Å²) in [5.74, 6) is -2.52. The number of aliphatic carboxylic acids is 1. The lowest BCUT2D eigenvalue weighted by molar-refractivity contribution is -0.147. The molecule has 0 fully saturated rings. The molecular formula is C23H24F3N3O3. The van der Waals surface area contributed by atoms with E-state index < -0.39 is 30.4 Å². The second kappa shape index (κ2) is 10.3. The summed E-state index contributed by atoms with van der Waals surface area (Å²) in [6, 6.07) is 15.9. The fourth-order valence-corrected chi connectivity index (χ4v) is 3.64. The first-order chi connectivity index (χ1) is 15.3. The molecule has 9 heteroatoms. The molecule has 0 atom stereocenters. The molecule has 0 spiro atoms. The number of rotatable bonds is 10. The number of halogens is 3. The molecule has 3 aromatic rings. The van der Waals surface area contributed by atoms with Gasteiger partial charge in [0.15, 0.2) is 0 Å². The van der Waals surface area contributed by atoms with E-state index in [4.69, 9.17) is 5.11 Å². The molecule has 0 aliphatic heterocycles. The van der Waals surface area contributed by atoms with Gasteiger partial charge in [0.2, 0.25) is 11.7 Å². The highest BCUT2D eigenvalue weighted by atomic mass is 19.4. The topological polar surface area (TPSA) is 75.4 Å². The van der Waals surface area contributed by atoms with Crippen molar-refractivity contribution in [3.05, 3.63) is 66.0 Å². The van der Waals surface area contributed by atoms with E-state index in [1.807, 2.05) is 30.3 Å². The van der Waals surface area contributed by atoms with E-state index in [0.29, 0.717) is 18.4 Å². The predicted molar refractivity (Wildman–Crippen MR) is 113 cm³/mol. The molecule has 0 aliphatic rings. The standard InChI is InChI=1S/C23H24F3N3O3/c24-23(25,26)22-27-18-11-4-5-12-19(18)29(22)15-7-13-20(30)28(16-21(31)32)14-6-10-17-8-2-1-3-9-17/h1-5,8-9,11-12H,6-7,10,13-16H2,(H,31,32). The Morgan fingerprint density at radius 3 is 2.38 bits per heavy atom. The van der Waals surface area contributed by atoms with E-state index in [9.17, 15) is 22.8 Å². The summed E-state index contributed by atoms with van der Waals surface area (Å²) in [6.45, 7) is -0.219. The van der Waals surface area contributed by atoms with Crippen molar-refractivity contribution in [2.24, 2.45) is 0 Å². The number of carboxylic acids is 1. The summed E-state index contributed by atoms with van der Waals surface area (Å²) < 4.78 is 41.3. The number of nitrogens with zero attached hydrogens (tertiary/aromatic N) is 3. The van der Waals surface area contributed by atoms with Crippen molar-refractivity contribution in [1.29, 1.82) is 0 Å². The molecule has 2 aromatic carbocycles. The SMILES string of the molecule is O=C(O)CN(CCCc1ccccc1)C(=O)CCCn1c(C(F)(F)F)nc2ccccc21. The minimum Gasteiger partial charge on any atom is -0.480 e. The van der Waals surface area contributed by atoms with Crippen LogP contribution in [0.25, 0.3) is 11.0 Å². The van der Waals surface area contributed by atoms with Gasteiger partial charge in [0.25, 0.3) is 0 Å². The Labute approximate surface area is 183 Å². The summed E-state index contributed by atoms with van der Waals surface area (Å²) in [4.78, 5) is 28.7. The van der Waals surface area contributed by atoms with Gasteiger partial charge in [-0.1, -0.05) is 42.5 Å². The summed E-state index contributed by atoms with van der Waals surface area (Å²) in [6.07, 6.45) is -3.25. The van der Waals surface area contributed by atoms with Crippen molar-refractivity contribution in [2.45, 2.75) is 38.4 Å². The van der Waals surface area contributed by atoms with E-state index in [0.717, 1.165) is 10.1 Å². The number of amides is 1. The van der Waals surface area contributed by atoms with E-state index in [1.165, 1.54) is 11.0 Å². The molecule has 170 valence electrons. The number of hydrogen-bond acceptors (Lipinski definition) is 3. The number of para-hydroxylation sites is 2. The third-order valence-corrected chi connectivity index (χ3v) is 5.10. The minimum atomic E-state index is -4.62. The number of carbonyl (C=O) groups excluding carboxylic acids is 1. The van der Waals surface area contributed by atoms with Crippen LogP contribution in [0.3, 0.4) is 0 Å². The largest absolute Gasteiger partial charge is 0.480 e. The average molecular weight is 447 g/mol. The third-order valence-electron chi connectivity index (χ3n) is 5.10. The number of alkyl halides is 3. The van der Waals surface area contributed by atoms with Gasteiger partial charge in [0, 0.05) is 19.5 Å². The zero-order valence-electron chi connectivity index (χ0n) is 17.4. The van der Waals surface area contributed by atoms with Gasteiger partial charge in [-0.25, -0.2) is 4.98 Å². The van der Waals surface area contributed by atoms with Crippen LogP contribution in [0.15, 0.2) is 54.6 Å². The zero-order valence-corrected chi connectivity index (χ0v) is 17.4. The van der Waals surface area contributed by atoms with Crippen molar-refractivity contribution in [1.82, 2.24) is 14.5 Å². The molecule has 1 amide bonds. The number of carboxylic acid groups (broad SMARTS) is 1. The van der Waals surface area contributed by atoms with E-state index in [1.54, 1.807) is 18.2 Å². The summed E-state index contributed by atoms with van der Waals surface area (Å²) in [7, 11) is 0. The van der Waals surface area contributed by atoms with E-state index in [-0.39, 0.29) is 31.4 Å². The molecule has 1 heterocycles. The summed E-state index contributed by atoms with van der Waals surface area (Å²) in [5.41, 5.74) is 1.67. The quantitative estimate of drug-likeness (QED) is 0.501. The second-order valence-electron chi connectivity index (χ2n) is 7.48. The van der Waals surface area contributed by atoms with Gasteiger partial charge < -0.3 is 14.6 Å². The van der Waals surface area contributed by atoms with Crippen LogP contribution in [-0.4, -0.2) is 44.5 Å². The van der Waals surface area contributed by atoms with Gasteiger partial charge in [0.05, 0.1) is 11.0 Å². The average Bonchev–Trinajstić information content (AvgIpc) is 3.13. The van der Waals surface area contributed by atoms with Crippen LogP contribution in [0, 0.1) is 0 Å². The summed E-state index contributed by atoms with van der Waals surface area (Å²) >= 11 is 0. The van der Waals surface area contributed by atoms with Crippen LogP contribution >= 0.6 is 0 Å². The molecule has 1 N–H and O–H groups in total. The number of aryl methyl sites for hydroxylation is 2. The van der Waals surface area contributed by atoms with Crippen LogP contribution < -0.4 is 0 Å². The van der Waals surface area contributed by atoms with Crippen LogP contribution in [0.4, 0.5) is 13.2 Å². The van der Waals surface area contributed by atoms with Crippen molar-refractivity contribution in [3.8, 4) is 0 Å². The van der Waals surface area contributed by atoms with Gasteiger partial charge in [-0.15, -0.1) is 0 Å². The molecule has 0 aliphatic carbocycles. The molecule has 0 saturated heterocycles. The molecule has 32 heavy (non-hydrogen) atoms. The predicted octanol–water partition coefficient (Wildman–Crippen LogP) is 4.38. The fourth-order valence-electron chi connectivity index (χ4n) is 3.64. The lowest BCUT2D eigenvalue weighted by atomic mass is 10.1. The van der Waals surface area contributed by atoms with Gasteiger partial charge in [-0.3, -0.25) is 9.59 Å². The van der Waals surface area contributed by atoms with Crippen molar-refractivity contribution in [2.75, 3.05) is 13.1 Å². The number of carbonyl (C=O) groups is 2. The monoisotopic (exact) mass is 447 g/mol. The Morgan fingerprint density at radius 2 is 1.69 bits per heavy atom. The van der Waals surface area contributed by atoms with Gasteiger partial charge in [-0.2, -0.15) is 13.2 Å². The van der Waals surface area contributed by atoms with E-state index in [2.05, 4.69) is 4.98 Å². The zero-order chi connectivity index (χ0) is 23.1. The Bertz CT molecular complexity index is 1060. The number of imidazole rings is 1. The van der Waals surface area contributed by atoms with Crippen molar-refractivity contribution >= 4 is 22.9 Å². The molecule has 0 saturated carbocycles. The maximum atomic E-state index is 13.4. The maximum absolute atomic E-state index is 13.4. The second-order valence-corrected chi connectivity index (χ2v) is 7.48. The highest BCUT2D eigenvalue weighted by Gasteiger charge is 2.37. The maximum Gasteiger partial charge on any atom is 0.449 e. The smallest absolute Gasteiger partial charge is 0.449 e. The molecule has 0 unspecified atom stereocenters.